The molecule has 0 aliphatic carbocycles. The number of anilines is 1. The predicted molar refractivity (Wildman–Crippen MR) is 139 cm³/mol. The minimum Gasteiger partial charge on any atom is -0.465 e. The molecule has 0 unspecified atom stereocenters. The molecular weight excluding hydrogens is 496 g/mol. The van der Waals surface area contributed by atoms with Gasteiger partial charge in [0.25, 0.3) is 0 Å². The van der Waals surface area contributed by atoms with Gasteiger partial charge in [-0.05, 0) is 56.2 Å². The van der Waals surface area contributed by atoms with Crippen LogP contribution in [0.4, 0.5) is 5.69 Å². The first kappa shape index (κ1) is 25.8. The number of rotatable bonds is 7. The van der Waals surface area contributed by atoms with E-state index in [1.165, 1.54) is 32.4 Å². The molecular formula is C27H25ClN4O5. The average molecular weight is 521 g/mol. The highest BCUT2D eigenvalue weighted by molar-refractivity contribution is 6.30. The van der Waals surface area contributed by atoms with Gasteiger partial charge in [0.2, 0.25) is 5.91 Å². The summed E-state index contributed by atoms with van der Waals surface area (Å²) in [4.78, 5) is 41.5. The van der Waals surface area contributed by atoms with Crippen LogP contribution in [0.3, 0.4) is 0 Å². The van der Waals surface area contributed by atoms with Crippen LogP contribution in [0.5, 0.6) is 0 Å². The number of aromatic nitrogens is 3. The number of benzene rings is 2. The number of methoxy groups -OCH3 is 2. The molecule has 0 aliphatic rings. The van der Waals surface area contributed by atoms with E-state index in [9.17, 15) is 14.4 Å². The van der Waals surface area contributed by atoms with Crippen molar-refractivity contribution in [2.45, 2.75) is 26.7 Å². The molecule has 0 saturated heterocycles. The Morgan fingerprint density at radius 3 is 2.16 bits per heavy atom. The van der Waals surface area contributed by atoms with Crippen molar-refractivity contribution in [3.8, 4) is 11.3 Å². The van der Waals surface area contributed by atoms with Crippen molar-refractivity contribution >= 4 is 40.8 Å². The van der Waals surface area contributed by atoms with Gasteiger partial charge in [-0.1, -0.05) is 23.7 Å². The van der Waals surface area contributed by atoms with Crippen molar-refractivity contribution in [3.63, 3.8) is 0 Å². The van der Waals surface area contributed by atoms with Crippen LogP contribution in [0.25, 0.3) is 16.9 Å². The first-order chi connectivity index (χ1) is 17.7. The lowest BCUT2D eigenvalue weighted by molar-refractivity contribution is -0.116. The number of nitrogens with zero attached hydrogens (tertiary/aromatic N) is 3. The van der Waals surface area contributed by atoms with E-state index >= 15 is 0 Å². The van der Waals surface area contributed by atoms with Gasteiger partial charge in [0.15, 0.2) is 5.65 Å². The van der Waals surface area contributed by atoms with Gasteiger partial charge in [-0.3, -0.25) is 4.79 Å². The molecule has 0 spiro atoms. The number of carbonyl (C=O) groups is 3. The fraction of sp³-hybridized carbons (Fsp3) is 0.222. The molecule has 1 amide bonds. The molecule has 0 atom stereocenters. The van der Waals surface area contributed by atoms with E-state index in [2.05, 4.69) is 10.3 Å². The number of fused-ring (bicyclic) bond motifs is 1. The molecule has 4 aromatic rings. The van der Waals surface area contributed by atoms with Crippen LogP contribution in [0, 0.1) is 13.8 Å². The molecule has 0 aliphatic heterocycles. The summed E-state index contributed by atoms with van der Waals surface area (Å²) in [5.74, 6) is -1.56. The number of amides is 1. The molecule has 10 heteroatoms. The number of hydrogen-bond donors (Lipinski definition) is 1. The third-order valence-corrected chi connectivity index (χ3v) is 6.22. The molecule has 190 valence electrons. The zero-order chi connectivity index (χ0) is 26.7. The van der Waals surface area contributed by atoms with Crippen molar-refractivity contribution in [2.75, 3.05) is 19.5 Å². The topological polar surface area (TPSA) is 112 Å². The fourth-order valence-electron chi connectivity index (χ4n) is 4.08. The van der Waals surface area contributed by atoms with Gasteiger partial charge in [-0.2, -0.15) is 5.10 Å². The van der Waals surface area contributed by atoms with E-state index in [0.29, 0.717) is 17.1 Å². The Morgan fingerprint density at radius 1 is 0.946 bits per heavy atom. The highest BCUT2D eigenvalue weighted by atomic mass is 35.5. The molecule has 1 N–H and O–H groups in total. The molecule has 9 nitrogen and oxygen atoms in total. The first-order valence-corrected chi connectivity index (χ1v) is 11.8. The van der Waals surface area contributed by atoms with Crippen LogP contribution in [-0.2, 0) is 20.7 Å². The Bertz CT molecular complexity index is 1480. The van der Waals surface area contributed by atoms with Gasteiger partial charge in [0.05, 0.1) is 31.0 Å². The Morgan fingerprint density at radius 2 is 1.57 bits per heavy atom. The number of esters is 2. The molecule has 0 bridgehead atoms. The Kier molecular flexibility index (Phi) is 7.54. The van der Waals surface area contributed by atoms with E-state index in [1.807, 2.05) is 44.2 Å². The van der Waals surface area contributed by atoms with Gasteiger partial charge in [-0.15, -0.1) is 0 Å². The van der Waals surface area contributed by atoms with E-state index in [0.717, 1.165) is 28.2 Å². The van der Waals surface area contributed by atoms with Gasteiger partial charge in [0, 0.05) is 40.1 Å². The lowest BCUT2D eigenvalue weighted by atomic mass is 10.1. The largest absolute Gasteiger partial charge is 0.465 e. The molecule has 4 rings (SSSR count). The van der Waals surface area contributed by atoms with Gasteiger partial charge in [0.1, 0.15) is 0 Å². The Labute approximate surface area is 218 Å². The normalized spacial score (nSPS) is 10.8. The molecule has 0 saturated carbocycles. The number of hydrogen-bond acceptors (Lipinski definition) is 7. The van der Waals surface area contributed by atoms with Crippen molar-refractivity contribution in [3.05, 3.63) is 81.6 Å². The van der Waals surface area contributed by atoms with E-state index < -0.39 is 11.9 Å². The summed E-state index contributed by atoms with van der Waals surface area (Å²) in [6.07, 6.45) is 0.569. The Balaban J connectivity index is 1.54. The zero-order valence-electron chi connectivity index (χ0n) is 20.8. The third-order valence-electron chi connectivity index (χ3n) is 5.97. The zero-order valence-corrected chi connectivity index (χ0v) is 21.5. The molecule has 2 heterocycles. The number of carbonyl (C=O) groups excluding carboxylic acids is 3. The minimum absolute atomic E-state index is 0.122. The van der Waals surface area contributed by atoms with Crippen LogP contribution in [0.15, 0.2) is 48.5 Å². The van der Waals surface area contributed by atoms with E-state index in [-0.39, 0.29) is 29.1 Å². The number of aryl methyl sites for hydroxylation is 2. The fourth-order valence-corrected chi connectivity index (χ4v) is 4.21. The molecule has 37 heavy (non-hydrogen) atoms. The minimum atomic E-state index is -0.635. The maximum atomic E-state index is 12.8. The summed E-state index contributed by atoms with van der Waals surface area (Å²) >= 11 is 6.00. The predicted octanol–water partition coefficient (Wildman–Crippen LogP) is 4.81. The van der Waals surface area contributed by atoms with Crippen molar-refractivity contribution in [1.82, 2.24) is 14.6 Å². The second kappa shape index (κ2) is 10.8. The van der Waals surface area contributed by atoms with Crippen molar-refractivity contribution in [1.29, 1.82) is 0 Å². The standard InChI is InChI=1S/C27H25ClN4O5/c1-15-22(16(2)32-24(29-15)14-23(31-32)17-5-7-20(28)8-6-17)9-10-25(33)30-21-12-18(26(34)36-3)11-19(13-21)27(35)37-4/h5-8,11-14H,9-10H2,1-4H3,(H,30,33). The highest BCUT2D eigenvalue weighted by Gasteiger charge is 2.17. The summed E-state index contributed by atoms with van der Waals surface area (Å²) in [5.41, 5.74) is 5.54. The second-order valence-corrected chi connectivity index (χ2v) is 8.83. The summed E-state index contributed by atoms with van der Waals surface area (Å²) < 4.78 is 11.3. The second-order valence-electron chi connectivity index (χ2n) is 8.40. The monoisotopic (exact) mass is 520 g/mol. The van der Waals surface area contributed by atoms with E-state index in [4.69, 9.17) is 26.2 Å². The average Bonchev–Trinajstić information content (AvgIpc) is 3.31. The lowest BCUT2D eigenvalue weighted by Gasteiger charge is -2.12. The van der Waals surface area contributed by atoms with Crippen LogP contribution >= 0.6 is 11.6 Å². The SMILES string of the molecule is COC(=O)c1cc(NC(=O)CCc2c(C)nc3cc(-c4ccc(Cl)cc4)nn3c2C)cc(C(=O)OC)c1. The van der Waals surface area contributed by atoms with Crippen LogP contribution < -0.4 is 5.32 Å². The van der Waals surface area contributed by atoms with E-state index in [1.54, 1.807) is 4.52 Å². The Hall–Kier alpha value is -4.24. The number of halogens is 1. The molecule has 0 radical (unpaired) electrons. The van der Waals surface area contributed by atoms with Crippen molar-refractivity contribution in [2.24, 2.45) is 0 Å². The molecule has 2 aromatic heterocycles. The number of ether oxygens (including phenoxy) is 2. The quantitative estimate of drug-likeness (QED) is 0.348. The summed E-state index contributed by atoms with van der Waals surface area (Å²) in [6.45, 7) is 3.84. The highest BCUT2D eigenvalue weighted by Crippen LogP contribution is 2.24. The lowest BCUT2D eigenvalue weighted by Crippen LogP contribution is -2.16. The van der Waals surface area contributed by atoms with Crippen LogP contribution in [-0.4, -0.2) is 46.7 Å². The smallest absolute Gasteiger partial charge is 0.337 e. The molecule has 2 aromatic carbocycles. The van der Waals surface area contributed by atoms with Crippen LogP contribution in [0.1, 0.15) is 44.1 Å². The molecule has 0 fully saturated rings. The summed E-state index contributed by atoms with van der Waals surface area (Å²) in [5, 5.41) is 8.10. The number of nitrogens with one attached hydrogen (secondary N) is 1. The maximum Gasteiger partial charge on any atom is 0.337 e. The summed E-state index contributed by atoms with van der Waals surface area (Å²) in [6, 6.07) is 13.6. The maximum absolute atomic E-state index is 12.8. The van der Waals surface area contributed by atoms with Crippen molar-refractivity contribution < 1.29 is 23.9 Å². The van der Waals surface area contributed by atoms with Crippen LogP contribution in [0.2, 0.25) is 5.02 Å². The van der Waals surface area contributed by atoms with Gasteiger partial charge >= 0.3 is 11.9 Å². The summed E-state index contributed by atoms with van der Waals surface area (Å²) in [7, 11) is 2.47. The van der Waals surface area contributed by atoms with Gasteiger partial charge in [-0.25, -0.2) is 19.1 Å². The first-order valence-electron chi connectivity index (χ1n) is 11.4. The third kappa shape index (κ3) is 5.62. The van der Waals surface area contributed by atoms with Gasteiger partial charge < -0.3 is 14.8 Å².